The molecule has 1 aliphatic rings. The smallest absolute Gasteiger partial charge is 0.125 e. The molecule has 0 heterocycles. The summed E-state index contributed by atoms with van der Waals surface area (Å²) in [4.78, 5) is 0. The molecular weight excluding hydrogens is 201 g/mol. The Labute approximate surface area is 88.3 Å². The Bertz CT molecular complexity index is 365. The van der Waals surface area contributed by atoms with E-state index in [2.05, 4.69) is 12.2 Å². The van der Waals surface area contributed by atoms with Gasteiger partial charge in [-0.05, 0) is 42.6 Å². The van der Waals surface area contributed by atoms with Crippen LogP contribution in [0.15, 0.2) is 12.1 Å². The second kappa shape index (κ2) is 3.52. The lowest BCUT2D eigenvalue weighted by molar-refractivity contribution is 0.446. The van der Waals surface area contributed by atoms with Gasteiger partial charge in [0, 0.05) is 11.1 Å². The molecule has 2 rings (SSSR count). The zero-order valence-electron chi connectivity index (χ0n) is 8.27. The van der Waals surface area contributed by atoms with E-state index < -0.39 is 0 Å². The molecule has 0 amide bonds. The van der Waals surface area contributed by atoms with Crippen LogP contribution >= 0.6 is 11.6 Å². The van der Waals surface area contributed by atoms with Gasteiger partial charge in [-0.3, -0.25) is 0 Å². The van der Waals surface area contributed by atoms with Gasteiger partial charge in [0.2, 0.25) is 0 Å². The van der Waals surface area contributed by atoms with Crippen LogP contribution in [0.4, 0.5) is 4.39 Å². The van der Waals surface area contributed by atoms with Crippen LogP contribution in [0, 0.1) is 11.7 Å². The minimum Gasteiger partial charge on any atom is -0.313 e. The van der Waals surface area contributed by atoms with E-state index >= 15 is 0 Å². The zero-order chi connectivity index (χ0) is 10.3. The summed E-state index contributed by atoms with van der Waals surface area (Å²) in [5, 5.41) is 3.76. The van der Waals surface area contributed by atoms with Crippen LogP contribution in [0.3, 0.4) is 0 Å². The molecule has 1 aromatic carbocycles. The van der Waals surface area contributed by atoms with Crippen molar-refractivity contribution in [2.45, 2.75) is 19.4 Å². The molecule has 0 fully saturated rings. The van der Waals surface area contributed by atoms with E-state index in [9.17, 15) is 4.39 Å². The first-order valence-corrected chi connectivity index (χ1v) is 5.16. The lowest BCUT2D eigenvalue weighted by atomic mass is 10.0. The summed E-state index contributed by atoms with van der Waals surface area (Å²) < 4.78 is 13.1. The van der Waals surface area contributed by atoms with Gasteiger partial charge >= 0.3 is 0 Å². The molecule has 0 spiro atoms. The van der Waals surface area contributed by atoms with Gasteiger partial charge in [-0.25, -0.2) is 4.39 Å². The fraction of sp³-hybridized carbons (Fsp3) is 0.455. The van der Waals surface area contributed by atoms with E-state index in [1.165, 1.54) is 6.07 Å². The maximum Gasteiger partial charge on any atom is 0.125 e. The molecule has 0 aliphatic heterocycles. The molecule has 76 valence electrons. The number of hydrogen-bond donors (Lipinski definition) is 1. The number of nitrogens with one attached hydrogen (secondary N) is 1. The van der Waals surface area contributed by atoms with Gasteiger partial charge in [0.25, 0.3) is 0 Å². The Balaban J connectivity index is 2.53. The number of benzene rings is 1. The highest BCUT2D eigenvalue weighted by Crippen LogP contribution is 2.39. The summed E-state index contributed by atoms with van der Waals surface area (Å²) in [6.07, 6.45) is 0.931. The van der Waals surface area contributed by atoms with Gasteiger partial charge in [-0.15, -0.1) is 0 Å². The molecule has 0 saturated heterocycles. The van der Waals surface area contributed by atoms with Gasteiger partial charge in [0.15, 0.2) is 0 Å². The van der Waals surface area contributed by atoms with Gasteiger partial charge in [-0.2, -0.15) is 0 Å². The molecule has 0 bridgehead atoms. The molecule has 2 unspecified atom stereocenters. The Morgan fingerprint density at radius 3 is 2.86 bits per heavy atom. The molecule has 0 radical (unpaired) electrons. The summed E-state index contributed by atoms with van der Waals surface area (Å²) in [5.74, 6) is 0.234. The average molecular weight is 214 g/mol. The summed E-state index contributed by atoms with van der Waals surface area (Å²) >= 11 is 5.99. The van der Waals surface area contributed by atoms with Crippen molar-refractivity contribution in [2.24, 2.45) is 5.92 Å². The van der Waals surface area contributed by atoms with Gasteiger partial charge < -0.3 is 5.32 Å². The molecule has 14 heavy (non-hydrogen) atoms. The first kappa shape index (κ1) is 9.94. The Morgan fingerprint density at radius 1 is 1.50 bits per heavy atom. The topological polar surface area (TPSA) is 12.0 Å². The molecule has 2 atom stereocenters. The highest BCUT2D eigenvalue weighted by Gasteiger charge is 2.30. The standard InChI is InChI=1S/C11H13ClFN/c1-6-3-8-9(11(6)14-2)4-7(13)5-10(8)12/h4-6,11,14H,3H2,1-2H3. The molecule has 1 nitrogen and oxygen atoms in total. The number of rotatable bonds is 1. The number of fused-ring (bicyclic) bond motifs is 1. The van der Waals surface area contributed by atoms with E-state index in [0.717, 1.165) is 17.5 Å². The molecule has 1 N–H and O–H groups in total. The van der Waals surface area contributed by atoms with E-state index in [4.69, 9.17) is 11.6 Å². The van der Waals surface area contributed by atoms with Crippen LogP contribution in [-0.2, 0) is 6.42 Å². The van der Waals surface area contributed by atoms with E-state index in [0.29, 0.717) is 10.9 Å². The van der Waals surface area contributed by atoms with E-state index in [-0.39, 0.29) is 11.9 Å². The first-order chi connectivity index (χ1) is 6.63. The van der Waals surface area contributed by atoms with Crippen LogP contribution in [0.25, 0.3) is 0 Å². The molecular formula is C11H13ClFN. The van der Waals surface area contributed by atoms with Crippen LogP contribution in [0.1, 0.15) is 24.1 Å². The van der Waals surface area contributed by atoms with Crippen molar-refractivity contribution in [1.82, 2.24) is 5.32 Å². The fourth-order valence-corrected chi connectivity index (χ4v) is 2.59. The van der Waals surface area contributed by atoms with Gasteiger partial charge in [-0.1, -0.05) is 18.5 Å². The summed E-state index contributed by atoms with van der Waals surface area (Å²) in [5.41, 5.74) is 2.12. The third-order valence-electron chi connectivity index (χ3n) is 2.94. The highest BCUT2D eigenvalue weighted by atomic mass is 35.5. The zero-order valence-corrected chi connectivity index (χ0v) is 9.03. The highest BCUT2D eigenvalue weighted by molar-refractivity contribution is 6.31. The SMILES string of the molecule is CNC1c2cc(F)cc(Cl)c2CC1C. The molecule has 1 aromatic rings. The predicted molar refractivity (Wildman–Crippen MR) is 56.1 cm³/mol. The minimum atomic E-state index is -0.247. The van der Waals surface area contributed by atoms with E-state index in [1.54, 1.807) is 6.07 Å². The van der Waals surface area contributed by atoms with Gasteiger partial charge in [0.1, 0.15) is 5.82 Å². The summed E-state index contributed by atoms with van der Waals surface area (Å²) in [7, 11) is 1.90. The van der Waals surface area contributed by atoms with Crippen molar-refractivity contribution in [2.75, 3.05) is 7.05 Å². The molecule has 1 aliphatic carbocycles. The second-order valence-corrected chi connectivity index (χ2v) is 4.31. The van der Waals surface area contributed by atoms with Crippen molar-refractivity contribution in [3.63, 3.8) is 0 Å². The van der Waals surface area contributed by atoms with Crippen LogP contribution < -0.4 is 5.32 Å². The maximum absolute atomic E-state index is 13.1. The Hall–Kier alpha value is -0.600. The quantitative estimate of drug-likeness (QED) is 0.757. The Kier molecular flexibility index (Phi) is 2.50. The Morgan fingerprint density at radius 2 is 2.21 bits per heavy atom. The second-order valence-electron chi connectivity index (χ2n) is 3.90. The van der Waals surface area contributed by atoms with Crippen molar-refractivity contribution >= 4 is 11.6 Å². The van der Waals surface area contributed by atoms with Crippen molar-refractivity contribution in [3.05, 3.63) is 34.1 Å². The third-order valence-corrected chi connectivity index (χ3v) is 3.27. The van der Waals surface area contributed by atoms with Crippen LogP contribution in [-0.4, -0.2) is 7.05 Å². The van der Waals surface area contributed by atoms with Gasteiger partial charge in [0.05, 0.1) is 0 Å². The fourth-order valence-electron chi connectivity index (χ4n) is 2.30. The monoisotopic (exact) mass is 213 g/mol. The molecule has 0 saturated carbocycles. The summed E-state index contributed by atoms with van der Waals surface area (Å²) in [6.45, 7) is 2.15. The predicted octanol–water partition coefficient (Wildman–Crippen LogP) is 2.93. The largest absolute Gasteiger partial charge is 0.313 e. The maximum atomic E-state index is 13.1. The normalized spacial score (nSPS) is 25.1. The molecule has 3 heteroatoms. The van der Waals surface area contributed by atoms with Crippen LogP contribution in [0.2, 0.25) is 5.02 Å². The third kappa shape index (κ3) is 1.43. The summed E-state index contributed by atoms with van der Waals surface area (Å²) in [6, 6.07) is 3.22. The lowest BCUT2D eigenvalue weighted by Crippen LogP contribution is -2.19. The number of hydrogen-bond acceptors (Lipinski definition) is 1. The van der Waals surface area contributed by atoms with Crippen molar-refractivity contribution in [3.8, 4) is 0 Å². The number of halogens is 2. The van der Waals surface area contributed by atoms with Crippen molar-refractivity contribution < 1.29 is 4.39 Å². The van der Waals surface area contributed by atoms with Crippen LogP contribution in [0.5, 0.6) is 0 Å². The first-order valence-electron chi connectivity index (χ1n) is 4.78. The van der Waals surface area contributed by atoms with E-state index in [1.807, 2.05) is 7.05 Å². The average Bonchev–Trinajstić information content (AvgIpc) is 2.41. The van der Waals surface area contributed by atoms with Crippen molar-refractivity contribution in [1.29, 1.82) is 0 Å². The molecule has 0 aromatic heterocycles. The lowest BCUT2D eigenvalue weighted by Gasteiger charge is -2.15. The minimum absolute atomic E-state index is 0.234.